The van der Waals surface area contributed by atoms with E-state index in [1.54, 1.807) is 0 Å². The molecule has 0 fully saturated rings. The molecule has 0 spiro atoms. The molecule has 0 aromatic carbocycles. The first-order valence-electron chi connectivity index (χ1n) is 4.11. The molecule has 12 heavy (non-hydrogen) atoms. The van der Waals surface area contributed by atoms with E-state index in [2.05, 4.69) is 25.7 Å². The molecule has 71 valence electrons. The third-order valence-corrected chi connectivity index (χ3v) is 1.73. The highest BCUT2D eigenvalue weighted by molar-refractivity contribution is 5.75. The fourth-order valence-electron chi connectivity index (χ4n) is 1.06. The first-order valence-corrected chi connectivity index (χ1v) is 4.11. The molecule has 0 heterocycles. The molecule has 1 unspecified atom stereocenters. The van der Waals surface area contributed by atoms with Gasteiger partial charge >= 0.3 is 5.97 Å². The minimum Gasteiger partial charge on any atom is -0.461 e. The van der Waals surface area contributed by atoms with Gasteiger partial charge in [0.1, 0.15) is 13.2 Å². The van der Waals surface area contributed by atoms with Crippen molar-refractivity contribution < 1.29 is 9.53 Å². The van der Waals surface area contributed by atoms with Crippen LogP contribution in [-0.4, -0.2) is 31.0 Å². The van der Waals surface area contributed by atoms with E-state index in [0.29, 0.717) is 5.92 Å². The molecule has 0 aliphatic carbocycles. The van der Waals surface area contributed by atoms with Gasteiger partial charge in [0.25, 0.3) is 0 Å². The molecule has 0 aromatic rings. The summed E-state index contributed by atoms with van der Waals surface area (Å²) in [5.74, 6) is 0.227. The number of carbonyl (C=O) groups excluding carboxylic acids is 1. The standard InChI is InChI=1S/C9H18NO2/c1-7(2)6-8(10(3)4)9(11)12-5/h7-8H,5-6H2,1-4H3. The zero-order valence-corrected chi connectivity index (χ0v) is 8.33. The van der Waals surface area contributed by atoms with Gasteiger partial charge < -0.3 is 4.74 Å². The summed E-state index contributed by atoms with van der Waals surface area (Å²) in [7, 11) is 6.85. The van der Waals surface area contributed by atoms with Gasteiger partial charge in [0, 0.05) is 0 Å². The number of ether oxygens (including phenoxy) is 1. The van der Waals surface area contributed by atoms with E-state index in [1.807, 2.05) is 19.0 Å². The highest BCUT2D eigenvalue weighted by Gasteiger charge is 2.22. The van der Waals surface area contributed by atoms with Gasteiger partial charge in [-0.3, -0.25) is 9.69 Å². The minimum atomic E-state index is -0.256. The molecule has 0 saturated heterocycles. The van der Waals surface area contributed by atoms with Crippen molar-refractivity contribution in [2.45, 2.75) is 26.3 Å². The summed E-state index contributed by atoms with van der Waals surface area (Å²) in [6.45, 7) is 4.15. The summed E-state index contributed by atoms with van der Waals surface area (Å²) < 4.78 is 4.44. The highest BCUT2D eigenvalue weighted by atomic mass is 16.5. The number of nitrogens with zero attached hydrogens (tertiary/aromatic N) is 1. The van der Waals surface area contributed by atoms with Crippen LogP contribution in [-0.2, 0) is 9.53 Å². The maximum absolute atomic E-state index is 11.2. The Morgan fingerprint density at radius 2 is 2.00 bits per heavy atom. The third-order valence-electron chi connectivity index (χ3n) is 1.73. The van der Waals surface area contributed by atoms with E-state index in [9.17, 15) is 4.79 Å². The van der Waals surface area contributed by atoms with E-state index >= 15 is 0 Å². The number of likely N-dealkylation sites (N-methyl/N-ethyl adjacent to an activating group) is 1. The molecule has 1 radical (unpaired) electrons. The molecule has 1 atom stereocenters. The molecular weight excluding hydrogens is 154 g/mol. The van der Waals surface area contributed by atoms with Crippen LogP contribution in [0.2, 0.25) is 0 Å². The first kappa shape index (κ1) is 11.4. The normalized spacial score (nSPS) is 13.6. The van der Waals surface area contributed by atoms with Crippen LogP contribution in [0.15, 0.2) is 0 Å². The fraction of sp³-hybridized carbons (Fsp3) is 0.778. The van der Waals surface area contributed by atoms with Crippen LogP contribution in [0, 0.1) is 13.0 Å². The van der Waals surface area contributed by atoms with Gasteiger partial charge in [0.05, 0.1) is 0 Å². The Kier molecular flexibility index (Phi) is 4.90. The van der Waals surface area contributed by atoms with Gasteiger partial charge in [-0.15, -0.1) is 0 Å². The van der Waals surface area contributed by atoms with E-state index in [0.717, 1.165) is 6.42 Å². The van der Waals surface area contributed by atoms with Gasteiger partial charge in [-0.2, -0.15) is 0 Å². The highest BCUT2D eigenvalue weighted by Crippen LogP contribution is 2.10. The van der Waals surface area contributed by atoms with E-state index in [4.69, 9.17) is 0 Å². The SMILES string of the molecule is [CH2]OC(=O)C(CC(C)C)N(C)C. The average molecular weight is 172 g/mol. The second-order valence-corrected chi connectivity index (χ2v) is 3.57. The second-order valence-electron chi connectivity index (χ2n) is 3.57. The van der Waals surface area contributed by atoms with Crippen LogP contribution in [0.3, 0.4) is 0 Å². The van der Waals surface area contributed by atoms with Crippen molar-refractivity contribution in [3.8, 4) is 0 Å². The number of hydrogen-bond acceptors (Lipinski definition) is 3. The Morgan fingerprint density at radius 3 is 2.25 bits per heavy atom. The lowest BCUT2D eigenvalue weighted by Crippen LogP contribution is -2.37. The maximum Gasteiger partial charge on any atom is 0.323 e. The Bertz CT molecular complexity index is 143. The Hall–Kier alpha value is -0.570. The fourth-order valence-corrected chi connectivity index (χ4v) is 1.06. The van der Waals surface area contributed by atoms with Gasteiger partial charge in [-0.1, -0.05) is 13.8 Å². The lowest BCUT2D eigenvalue weighted by molar-refractivity contribution is -0.144. The van der Waals surface area contributed by atoms with Crippen LogP contribution < -0.4 is 0 Å². The molecule has 0 aliphatic heterocycles. The molecule has 0 aromatic heterocycles. The summed E-state index contributed by atoms with van der Waals surface area (Å²) >= 11 is 0. The lowest BCUT2D eigenvalue weighted by Gasteiger charge is -2.22. The third kappa shape index (κ3) is 3.72. The summed E-state index contributed by atoms with van der Waals surface area (Å²) in [6.07, 6.45) is 0.807. The lowest BCUT2D eigenvalue weighted by atomic mass is 10.0. The van der Waals surface area contributed by atoms with E-state index in [1.165, 1.54) is 0 Å². The second kappa shape index (κ2) is 5.14. The number of carbonyl (C=O) groups is 1. The maximum atomic E-state index is 11.2. The van der Waals surface area contributed by atoms with Crippen molar-refractivity contribution in [1.29, 1.82) is 0 Å². The molecule has 3 nitrogen and oxygen atoms in total. The molecular formula is C9H18NO2. The predicted octanol–water partition coefficient (Wildman–Crippen LogP) is 1.30. The smallest absolute Gasteiger partial charge is 0.323 e. The van der Waals surface area contributed by atoms with Crippen molar-refractivity contribution in [1.82, 2.24) is 4.90 Å². The monoisotopic (exact) mass is 172 g/mol. The molecule has 0 rings (SSSR count). The van der Waals surface area contributed by atoms with Crippen molar-refractivity contribution in [3.63, 3.8) is 0 Å². The molecule has 0 amide bonds. The van der Waals surface area contributed by atoms with Crippen molar-refractivity contribution in [2.75, 3.05) is 14.1 Å². The molecule has 3 heteroatoms. The molecule has 0 aliphatic rings. The van der Waals surface area contributed by atoms with Crippen molar-refractivity contribution in [2.24, 2.45) is 5.92 Å². The Labute approximate surface area is 74.7 Å². The predicted molar refractivity (Wildman–Crippen MR) is 48.4 cm³/mol. The summed E-state index contributed by atoms with van der Waals surface area (Å²) in [4.78, 5) is 13.0. The zero-order chi connectivity index (χ0) is 9.72. The Morgan fingerprint density at radius 1 is 1.50 bits per heavy atom. The summed E-state index contributed by atoms with van der Waals surface area (Å²) in [5, 5.41) is 0. The molecule has 0 saturated carbocycles. The van der Waals surface area contributed by atoms with Crippen molar-refractivity contribution >= 4 is 5.97 Å². The Balaban J connectivity index is 4.13. The topological polar surface area (TPSA) is 29.5 Å². The van der Waals surface area contributed by atoms with E-state index < -0.39 is 0 Å². The minimum absolute atomic E-state index is 0.164. The number of rotatable bonds is 4. The van der Waals surface area contributed by atoms with Gasteiger partial charge in [0.15, 0.2) is 0 Å². The molecule has 0 N–H and O–H groups in total. The average Bonchev–Trinajstić information content (AvgIpc) is 1.98. The number of hydrogen-bond donors (Lipinski definition) is 0. The summed E-state index contributed by atoms with van der Waals surface area (Å²) in [5.41, 5.74) is 0. The number of esters is 1. The van der Waals surface area contributed by atoms with Crippen molar-refractivity contribution in [3.05, 3.63) is 7.11 Å². The zero-order valence-electron chi connectivity index (χ0n) is 8.33. The van der Waals surface area contributed by atoms with Crippen LogP contribution in [0.1, 0.15) is 20.3 Å². The van der Waals surface area contributed by atoms with Crippen LogP contribution in [0.5, 0.6) is 0 Å². The van der Waals surface area contributed by atoms with Gasteiger partial charge in [-0.25, -0.2) is 0 Å². The van der Waals surface area contributed by atoms with Crippen LogP contribution in [0.4, 0.5) is 0 Å². The van der Waals surface area contributed by atoms with E-state index in [-0.39, 0.29) is 12.0 Å². The first-order chi connectivity index (χ1) is 5.49. The van der Waals surface area contributed by atoms with Gasteiger partial charge in [-0.05, 0) is 26.4 Å². The van der Waals surface area contributed by atoms with Gasteiger partial charge in [0.2, 0.25) is 0 Å². The largest absolute Gasteiger partial charge is 0.461 e. The quantitative estimate of drug-likeness (QED) is 0.599. The van der Waals surface area contributed by atoms with Crippen LogP contribution >= 0.6 is 0 Å². The summed E-state index contributed by atoms with van der Waals surface area (Å²) in [6, 6.07) is -0.164. The van der Waals surface area contributed by atoms with Crippen LogP contribution in [0.25, 0.3) is 0 Å². The molecule has 0 bridgehead atoms.